The predicted molar refractivity (Wildman–Crippen MR) is 191 cm³/mol. The van der Waals surface area contributed by atoms with Crippen molar-refractivity contribution in [1.82, 2.24) is 0 Å². The van der Waals surface area contributed by atoms with Gasteiger partial charge in [-0.05, 0) is 113 Å². The van der Waals surface area contributed by atoms with Gasteiger partial charge in [-0.15, -0.1) is 0 Å². The van der Waals surface area contributed by atoms with E-state index in [4.69, 9.17) is 33.2 Å². The van der Waals surface area contributed by atoms with Crippen LogP contribution in [0.25, 0.3) is 0 Å². The smallest absolute Gasteiger partial charge is 0.331 e. The van der Waals surface area contributed by atoms with Gasteiger partial charge in [0.2, 0.25) is 0 Å². The molecule has 4 aliphatic heterocycles. The zero-order chi connectivity index (χ0) is 38.3. The lowest BCUT2D eigenvalue weighted by Gasteiger charge is -2.64. The lowest BCUT2D eigenvalue weighted by Crippen LogP contribution is -2.62. The molecule has 0 radical (unpaired) electrons. The monoisotopic (exact) mass is 764 g/mol. The van der Waals surface area contributed by atoms with Crippen molar-refractivity contribution in [1.29, 1.82) is 0 Å². The highest BCUT2D eigenvalue weighted by Gasteiger charge is 2.68. The minimum Gasteiger partial charge on any atom is -0.458 e. The Morgan fingerprint density at radius 1 is 0.685 bits per heavy atom. The van der Waals surface area contributed by atoms with Gasteiger partial charge in [0.1, 0.15) is 24.9 Å². The molecule has 4 aliphatic carbocycles. The molecule has 0 unspecified atom stereocenters. The van der Waals surface area contributed by atoms with Crippen molar-refractivity contribution < 1.29 is 63.5 Å². The van der Waals surface area contributed by atoms with E-state index in [1.54, 1.807) is 19.9 Å². The first kappa shape index (κ1) is 39.6. The zero-order valence-corrected chi connectivity index (χ0v) is 32.6. The zero-order valence-electron chi connectivity index (χ0n) is 32.6. The number of aliphatic hydroxyl groups excluding tert-OH is 4. The van der Waals surface area contributed by atoms with Crippen molar-refractivity contribution in [2.24, 2.45) is 34.5 Å². The number of hydrogen-bond acceptors (Lipinski definition) is 13. The van der Waals surface area contributed by atoms with Gasteiger partial charge in [-0.1, -0.05) is 13.8 Å². The van der Waals surface area contributed by atoms with E-state index >= 15 is 0 Å². The predicted octanol–water partition coefficient (Wildman–Crippen LogP) is 3.25. The number of fused-ring (bicyclic) bond motifs is 5. The number of hydrogen-bond donors (Lipinski definition) is 5. The SMILES string of the molecule is C[C@H]1O[C@@H](O[C@@H]2[C@H](O)C[C@@H](O[C@@H]3[C@H](O)C[C@@H](O[C@H]4CC[C@@]5(C)[C@@H](CC[C@H]6[C@H]5CC[C@]5(C)[C@H](C7=CC(=O)OC7)CC[C@]65O)C4)O[C@@H]3C)O[C@@H]2C)C[C@@H](O)[C@H]1O. The Morgan fingerprint density at radius 3 is 1.89 bits per heavy atom. The van der Waals surface area contributed by atoms with Crippen LogP contribution < -0.4 is 0 Å². The van der Waals surface area contributed by atoms with E-state index < -0.39 is 79.4 Å². The molecule has 0 aromatic carbocycles. The van der Waals surface area contributed by atoms with E-state index in [-0.39, 0.29) is 54.0 Å². The average Bonchev–Trinajstić information content (AvgIpc) is 3.66. The molecule has 306 valence electrons. The highest BCUT2D eigenvalue weighted by atomic mass is 16.7. The summed E-state index contributed by atoms with van der Waals surface area (Å²) < 4.78 is 42.2. The number of carbonyl (C=O) groups is 1. The highest BCUT2D eigenvalue weighted by molar-refractivity contribution is 5.85. The van der Waals surface area contributed by atoms with Crippen LogP contribution in [0.1, 0.15) is 112 Å². The van der Waals surface area contributed by atoms with Gasteiger partial charge in [0, 0.05) is 30.8 Å². The summed E-state index contributed by atoms with van der Waals surface area (Å²) >= 11 is 0. The summed E-state index contributed by atoms with van der Waals surface area (Å²) in [4.78, 5) is 11.9. The first-order valence-corrected chi connectivity index (χ1v) is 20.8. The van der Waals surface area contributed by atoms with E-state index in [0.717, 1.165) is 63.4 Å². The second-order valence-corrected chi connectivity index (χ2v) is 18.7. The molecule has 13 nitrogen and oxygen atoms in total. The maximum absolute atomic E-state index is 12.6. The Kier molecular flexibility index (Phi) is 10.9. The maximum Gasteiger partial charge on any atom is 0.331 e. The molecule has 4 heterocycles. The standard InChI is InChI=1S/C41H64O13/c1-20-36(46)29(42)16-34(49-20)53-38-22(3)51-35(18-31(38)44)54-37-21(2)50-33(17-30(37)43)52-25-8-11-39(4)24(15-25)6-7-28-27(39)9-12-40(5)26(10-13-41(28,40)47)23-14-32(45)48-19-23/h14,20-22,24-31,33-38,42-44,46-47H,6-13,15-19H2,1-5H3/t20-,21-,22-,24+,25+,26+,27-,28+,29-,30-,31-,33-,34+,35-,36+,37+,38+,39+,40-,41+/m1/s1. The molecule has 13 heteroatoms. The molecular weight excluding hydrogens is 700 g/mol. The molecule has 8 aliphatic rings. The fourth-order valence-electron chi connectivity index (χ4n) is 12.8. The van der Waals surface area contributed by atoms with Crippen molar-refractivity contribution >= 4 is 5.97 Å². The number of aliphatic hydroxyl groups is 5. The summed E-state index contributed by atoms with van der Waals surface area (Å²) in [6.45, 7) is 10.4. The molecular formula is C41H64O13. The molecule has 0 bridgehead atoms. The van der Waals surface area contributed by atoms with Crippen molar-refractivity contribution in [2.75, 3.05) is 6.61 Å². The second kappa shape index (κ2) is 14.9. The van der Waals surface area contributed by atoms with Crippen LogP contribution in [0.4, 0.5) is 0 Å². The van der Waals surface area contributed by atoms with Crippen LogP contribution >= 0.6 is 0 Å². The molecule has 4 saturated carbocycles. The van der Waals surface area contributed by atoms with Crippen LogP contribution in [0.15, 0.2) is 11.6 Å². The van der Waals surface area contributed by atoms with Crippen LogP contribution in [0.5, 0.6) is 0 Å². The molecule has 3 saturated heterocycles. The summed E-state index contributed by atoms with van der Waals surface area (Å²) in [7, 11) is 0. The van der Waals surface area contributed by atoms with Gasteiger partial charge in [-0.25, -0.2) is 4.79 Å². The highest BCUT2D eigenvalue weighted by Crippen LogP contribution is 2.70. The summed E-state index contributed by atoms with van der Waals surface area (Å²) in [6, 6.07) is 0. The molecule has 0 aromatic rings. The molecule has 54 heavy (non-hydrogen) atoms. The third-order valence-electron chi connectivity index (χ3n) is 15.9. The minimum absolute atomic E-state index is 0.0243. The fourth-order valence-corrected chi connectivity index (χ4v) is 12.8. The number of ether oxygens (including phenoxy) is 7. The number of esters is 1. The van der Waals surface area contributed by atoms with Crippen molar-refractivity contribution in [3.63, 3.8) is 0 Å². The van der Waals surface area contributed by atoms with E-state index in [0.29, 0.717) is 18.4 Å². The van der Waals surface area contributed by atoms with Gasteiger partial charge in [-0.3, -0.25) is 0 Å². The lowest BCUT2D eigenvalue weighted by atomic mass is 9.43. The van der Waals surface area contributed by atoms with Crippen LogP contribution in [0, 0.1) is 34.5 Å². The molecule has 8 rings (SSSR count). The van der Waals surface area contributed by atoms with Crippen LogP contribution in [0.2, 0.25) is 0 Å². The Morgan fingerprint density at radius 2 is 1.30 bits per heavy atom. The average molecular weight is 765 g/mol. The van der Waals surface area contributed by atoms with E-state index in [1.165, 1.54) is 0 Å². The van der Waals surface area contributed by atoms with Gasteiger partial charge in [0.25, 0.3) is 0 Å². The van der Waals surface area contributed by atoms with Crippen LogP contribution in [0.3, 0.4) is 0 Å². The summed E-state index contributed by atoms with van der Waals surface area (Å²) in [6.07, 6.45) is 1.90. The summed E-state index contributed by atoms with van der Waals surface area (Å²) in [5.74, 6) is 1.13. The van der Waals surface area contributed by atoms with Crippen molar-refractivity contribution in [3.8, 4) is 0 Å². The second-order valence-electron chi connectivity index (χ2n) is 18.7. The largest absolute Gasteiger partial charge is 0.458 e. The minimum atomic E-state index is -0.996. The first-order valence-electron chi connectivity index (χ1n) is 20.8. The van der Waals surface area contributed by atoms with E-state index in [2.05, 4.69) is 13.8 Å². The van der Waals surface area contributed by atoms with Gasteiger partial charge in [0.05, 0.1) is 48.3 Å². The molecule has 20 atom stereocenters. The van der Waals surface area contributed by atoms with Gasteiger partial charge in [0.15, 0.2) is 18.9 Å². The number of carbonyl (C=O) groups excluding carboxylic acids is 1. The third-order valence-corrected chi connectivity index (χ3v) is 15.9. The third kappa shape index (κ3) is 6.82. The maximum atomic E-state index is 12.6. The molecule has 0 aromatic heterocycles. The molecule has 0 spiro atoms. The number of cyclic esters (lactones) is 1. The van der Waals surface area contributed by atoms with E-state index in [9.17, 15) is 30.3 Å². The Bertz CT molecular complexity index is 1370. The number of rotatable bonds is 7. The molecule has 0 amide bonds. The Hall–Kier alpha value is -1.23. The van der Waals surface area contributed by atoms with Gasteiger partial charge in [-0.2, -0.15) is 0 Å². The van der Waals surface area contributed by atoms with Gasteiger partial charge < -0.3 is 58.7 Å². The Balaban J connectivity index is 0.826. The van der Waals surface area contributed by atoms with Crippen LogP contribution in [-0.4, -0.2) is 124 Å². The van der Waals surface area contributed by atoms with E-state index in [1.807, 2.05) is 6.92 Å². The molecule has 5 N–H and O–H groups in total. The topological polar surface area (TPSA) is 183 Å². The normalized spacial score (nSPS) is 55.0. The molecule has 7 fully saturated rings. The van der Waals surface area contributed by atoms with Gasteiger partial charge >= 0.3 is 5.97 Å². The lowest BCUT2D eigenvalue weighted by molar-refractivity contribution is -0.336. The Labute approximate surface area is 319 Å². The quantitative estimate of drug-likeness (QED) is 0.188. The fraction of sp³-hybridized carbons (Fsp3) is 0.927. The summed E-state index contributed by atoms with van der Waals surface area (Å²) in [5, 5.41) is 55.0. The van der Waals surface area contributed by atoms with Crippen molar-refractivity contribution in [2.45, 2.75) is 197 Å². The summed E-state index contributed by atoms with van der Waals surface area (Å²) in [5.41, 5.74) is 0.215. The van der Waals surface area contributed by atoms with Crippen molar-refractivity contribution in [3.05, 3.63) is 11.6 Å². The van der Waals surface area contributed by atoms with Crippen LogP contribution in [-0.2, 0) is 38.0 Å². The first-order chi connectivity index (χ1) is 25.6.